The smallest absolute Gasteiger partial charge is 0.133 e. The maximum absolute atomic E-state index is 10.8. The van der Waals surface area contributed by atoms with Crippen molar-refractivity contribution in [3.05, 3.63) is 108 Å². The Kier molecular flexibility index (Phi) is 6.77. The molecule has 0 aliphatic carbocycles. The molecule has 0 bridgehead atoms. The standard InChI is InChI=1S/C25H26O5S/c26-16-20-21(27)22(28)23(29)24(30-20)31-25(17-10-4-1-5-11-17,18-12-6-2-7-13-18)19-14-8-3-9-15-19/h1-15,20-24,26-29H,16H2/t20-,21-,22+,23-,24+/m1/s1. The number of hydrogen-bond donors (Lipinski definition) is 4. The lowest BCUT2D eigenvalue weighted by Gasteiger charge is -2.44. The molecule has 4 N–H and O–H groups in total. The number of benzene rings is 3. The Labute approximate surface area is 186 Å². The lowest BCUT2D eigenvalue weighted by Crippen LogP contribution is -2.58. The summed E-state index contributed by atoms with van der Waals surface area (Å²) in [5, 5.41) is 41.0. The first-order valence-corrected chi connectivity index (χ1v) is 11.1. The van der Waals surface area contributed by atoms with Crippen LogP contribution in [-0.4, -0.2) is 56.9 Å². The maximum atomic E-state index is 10.8. The van der Waals surface area contributed by atoms with Gasteiger partial charge in [-0.05, 0) is 16.7 Å². The lowest BCUT2D eigenvalue weighted by atomic mass is 9.84. The van der Waals surface area contributed by atoms with Crippen molar-refractivity contribution in [2.75, 3.05) is 6.61 Å². The minimum atomic E-state index is -1.43. The molecule has 0 saturated carbocycles. The van der Waals surface area contributed by atoms with E-state index < -0.39 is 41.2 Å². The van der Waals surface area contributed by atoms with E-state index in [2.05, 4.69) is 0 Å². The molecule has 3 aromatic carbocycles. The lowest BCUT2D eigenvalue weighted by molar-refractivity contribution is -0.205. The van der Waals surface area contributed by atoms with Crippen LogP contribution in [0.1, 0.15) is 16.7 Å². The van der Waals surface area contributed by atoms with Crippen LogP contribution >= 0.6 is 11.8 Å². The quantitative estimate of drug-likeness (QED) is 0.442. The molecule has 3 aromatic rings. The van der Waals surface area contributed by atoms with E-state index in [1.807, 2.05) is 91.0 Å². The first-order valence-electron chi connectivity index (χ1n) is 10.2. The molecule has 6 heteroatoms. The van der Waals surface area contributed by atoms with Crippen LogP contribution < -0.4 is 0 Å². The second-order valence-corrected chi connectivity index (χ2v) is 8.91. The van der Waals surface area contributed by atoms with Crippen molar-refractivity contribution in [2.45, 2.75) is 34.6 Å². The van der Waals surface area contributed by atoms with E-state index in [1.165, 1.54) is 11.8 Å². The molecule has 5 nitrogen and oxygen atoms in total. The largest absolute Gasteiger partial charge is 0.394 e. The second kappa shape index (κ2) is 9.53. The summed E-state index contributed by atoms with van der Waals surface area (Å²) >= 11 is 1.35. The molecule has 5 atom stereocenters. The fourth-order valence-corrected chi connectivity index (χ4v) is 5.73. The summed E-state index contributed by atoms with van der Waals surface area (Å²) < 4.78 is 5.14. The van der Waals surface area contributed by atoms with E-state index in [0.717, 1.165) is 16.7 Å². The van der Waals surface area contributed by atoms with Crippen molar-refractivity contribution in [1.82, 2.24) is 0 Å². The summed E-state index contributed by atoms with van der Waals surface area (Å²) in [4.78, 5) is 0. The van der Waals surface area contributed by atoms with Gasteiger partial charge in [-0.3, -0.25) is 0 Å². The molecule has 1 saturated heterocycles. The third-order valence-electron chi connectivity index (χ3n) is 5.68. The Bertz CT molecular complexity index is 855. The Balaban J connectivity index is 1.88. The van der Waals surface area contributed by atoms with E-state index in [1.54, 1.807) is 0 Å². The molecular weight excluding hydrogens is 412 g/mol. The summed E-state index contributed by atoms with van der Waals surface area (Å²) in [6, 6.07) is 29.8. The number of aliphatic hydroxyl groups excluding tert-OH is 4. The number of rotatable bonds is 6. The first-order chi connectivity index (χ1) is 15.1. The van der Waals surface area contributed by atoms with Crippen LogP contribution in [0.25, 0.3) is 0 Å². The molecule has 31 heavy (non-hydrogen) atoms. The summed E-state index contributed by atoms with van der Waals surface area (Å²) in [6.07, 6.45) is -5.12. The molecule has 0 radical (unpaired) electrons. The average molecular weight is 439 g/mol. The fraction of sp³-hybridized carbons (Fsp3) is 0.280. The predicted molar refractivity (Wildman–Crippen MR) is 121 cm³/mol. The zero-order valence-corrected chi connectivity index (χ0v) is 17.7. The van der Waals surface area contributed by atoms with Gasteiger partial charge < -0.3 is 25.2 Å². The van der Waals surface area contributed by atoms with Crippen molar-refractivity contribution in [1.29, 1.82) is 0 Å². The van der Waals surface area contributed by atoms with Gasteiger partial charge in [-0.15, -0.1) is 11.8 Å². The number of hydrogen-bond acceptors (Lipinski definition) is 6. The molecule has 1 aliphatic rings. The summed E-state index contributed by atoms with van der Waals surface area (Å²) in [5.41, 5.74) is 2.05. The van der Waals surface area contributed by atoms with Gasteiger partial charge in [-0.25, -0.2) is 0 Å². The Morgan fingerprint density at radius 3 is 1.45 bits per heavy atom. The van der Waals surface area contributed by atoms with Gasteiger partial charge >= 0.3 is 0 Å². The SMILES string of the molecule is OC[C@H]1O[C@@H](SC(c2ccccc2)(c2ccccc2)c2ccccc2)[C@H](O)[C@@H](O)[C@@H]1O. The molecule has 0 unspecified atom stereocenters. The molecule has 162 valence electrons. The highest BCUT2D eigenvalue weighted by atomic mass is 32.2. The van der Waals surface area contributed by atoms with Crippen LogP contribution in [-0.2, 0) is 9.48 Å². The van der Waals surface area contributed by atoms with Gasteiger partial charge in [0.05, 0.1) is 11.4 Å². The third-order valence-corrected chi connectivity index (χ3v) is 7.37. The van der Waals surface area contributed by atoms with E-state index >= 15 is 0 Å². The molecule has 0 spiro atoms. The van der Waals surface area contributed by atoms with Crippen molar-refractivity contribution >= 4 is 11.8 Å². The molecule has 0 amide bonds. The van der Waals surface area contributed by atoms with E-state index in [9.17, 15) is 20.4 Å². The molecule has 4 rings (SSSR count). The number of thioether (sulfide) groups is 1. The summed E-state index contributed by atoms with van der Waals surface area (Å²) in [7, 11) is 0. The van der Waals surface area contributed by atoms with Gasteiger partial charge in [-0.1, -0.05) is 91.0 Å². The predicted octanol–water partition coefficient (Wildman–Crippen LogP) is 2.51. The number of aliphatic hydroxyl groups is 4. The monoisotopic (exact) mass is 438 g/mol. The zero-order chi connectivity index (χ0) is 21.8. The van der Waals surface area contributed by atoms with Gasteiger partial charge in [0.25, 0.3) is 0 Å². The topological polar surface area (TPSA) is 90.2 Å². The Morgan fingerprint density at radius 2 is 1.06 bits per heavy atom. The zero-order valence-electron chi connectivity index (χ0n) is 16.9. The van der Waals surface area contributed by atoms with Crippen LogP contribution in [0.3, 0.4) is 0 Å². The molecule has 1 fully saturated rings. The maximum Gasteiger partial charge on any atom is 0.133 e. The van der Waals surface area contributed by atoms with Crippen LogP contribution in [0.15, 0.2) is 91.0 Å². The Hall–Kier alpha value is -2.19. The van der Waals surface area contributed by atoms with E-state index in [4.69, 9.17) is 4.74 Å². The van der Waals surface area contributed by atoms with Crippen LogP contribution in [0, 0.1) is 0 Å². The van der Waals surface area contributed by atoms with Crippen LogP contribution in [0.5, 0.6) is 0 Å². The van der Waals surface area contributed by atoms with Gasteiger partial charge in [0.2, 0.25) is 0 Å². The van der Waals surface area contributed by atoms with E-state index in [0.29, 0.717) is 0 Å². The minimum Gasteiger partial charge on any atom is -0.394 e. The number of ether oxygens (including phenoxy) is 1. The van der Waals surface area contributed by atoms with Crippen molar-refractivity contribution < 1.29 is 25.2 Å². The van der Waals surface area contributed by atoms with E-state index in [-0.39, 0.29) is 0 Å². The normalized spacial score (nSPS) is 26.5. The molecule has 1 aliphatic heterocycles. The highest BCUT2D eigenvalue weighted by Crippen LogP contribution is 2.52. The van der Waals surface area contributed by atoms with Crippen molar-refractivity contribution in [3.8, 4) is 0 Å². The highest BCUT2D eigenvalue weighted by Gasteiger charge is 2.48. The second-order valence-electron chi connectivity index (χ2n) is 7.59. The van der Waals surface area contributed by atoms with Gasteiger partial charge in [0, 0.05) is 0 Å². The summed E-state index contributed by atoms with van der Waals surface area (Å²) in [5.74, 6) is 0. The van der Waals surface area contributed by atoms with Gasteiger partial charge in [0.15, 0.2) is 0 Å². The Morgan fingerprint density at radius 1 is 0.645 bits per heavy atom. The molecular formula is C25H26O5S. The summed E-state index contributed by atoms with van der Waals surface area (Å²) in [6.45, 7) is -0.461. The van der Waals surface area contributed by atoms with Crippen LogP contribution in [0.4, 0.5) is 0 Å². The first kappa shape index (κ1) is 22.0. The third kappa shape index (κ3) is 4.15. The van der Waals surface area contributed by atoms with Gasteiger partial charge in [-0.2, -0.15) is 0 Å². The molecule has 1 heterocycles. The highest BCUT2D eigenvalue weighted by molar-refractivity contribution is 8.01. The fourth-order valence-electron chi connectivity index (χ4n) is 4.06. The van der Waals surface area contributed by atoms with Crippen molar-refractivity contribution in [2.24, 2.45) is 0 Å². The van der Waals surface area contributed by atoms with Crippen LogP contribution in [0.2, 0.25) is 0 Å². The van der Waals surface area contributed by atoms with Gasteiger partial charge in [0.1, 0.15) is 29.9 Å². The minimum absolute atomic E-state index is 0.461. The average Bonchev–Trinajstić information content (AvgIpc) is 2.84. The molecule has 0 aromatic heterocycles. The van der Waals surface area contributed by atoms with Crippen molar-refractivity contribution in [3.63, 3.8) is 0 Å².